The molecule has 5 rings (SSSR count). The van der Waals surface area contributed by atoms with Crippen molar-refractivity contribution in [1.29, 1.82) is 0 Å². The molecule has 20 nitrogen and oxygen atoms in total. The van der Waals surface area contributed by atoms with Gasteiger partial charge in [0.1, 0.15) is 42.4 Å². The van der Waals surface area contributed by atoms with E-state index in [1.165, 1.54) is 15.5 Å². The lowest BCUT2D eigenvalue weighted by molar-refractivity contribution is -0.766. The van der Waals surface area contributed by atoms with Crippen LogP contribution >= 0.6 is 15.6 Å². The minimum absolute atomic E-state index is 0.0619. The summed E-state index contributed by atoms with van der Waals surface area (Å²) in [5.74, 6) is 0.0619. The van der Waals surface area contributed by atoms with Crippen LogP contribution in [0.15, 0.2) is 37.2 Å². The molecule has 10 N–H and O–H groups in total. The molecule has 0 amide bonds. The zero-order valence-electron chi connectivity index (χ0n) is 22.0. The maximum atomic E-state index is 12.4. The van der Waals surface area contributed by atoms with Gasteiger partial charge in [-0.25, -0.2) is 24.1 Å². The van der Waals surface area contributed by atoms with Crippen LogP contribution in [0.5, 0.6) is 0 Å². The van der Waals surface area contributed by atoms with E-state index in [1.807, 2.05) is 0 Å². The van der Waals surface area contributed by atoms with E-state index < -0.39 is 77.9 Å². The van der Waals surface area contributed by atoms with Crippen molar-refractivity contribution in [3.8, 4) is 0 Å². The quantitative estimate of drug-likeness (QED) is 0.0776. The standard InChI is InChI=1S/C21H29N7O13P2/c22-4-10-2-1-3-27(5-10)20-16(31)14(29)11(39-20)6-37-42(33,34)41-43(35,36)38-7-12-15(30)17(32)21(40-12)28-9-26-13-18(23)24-8-25-19(13)28/h1-3,5,8-9,11-12,14-17,20-21,29-32H,4,6-7,22H2,(H3-,23,24,25,33,34,35,36)/p+1. The average molecular weight is 650 g/mol. The van der Waals surface area contributed by atoms with E-state index in [0.717, 1.165) is 6.33 Å². The minimum atomic E-state index is -5.33. The van der Waals surface area contributed by atoms with Crippen LogP contribution in [0.4, 0.5) is 5.82 Å². The minimum Gasteiger partial charge on any atom is -0.387 e. The molecule has 22 heteroatoms. The van der Waals surface area contributed by atoms with Crippen molar-refractivity contribution >= 4 is 32.6 Å². The van der Waals surface area contributed by atoms with Gasteiger partial charge >= 0.3 is 15.6 Å². The zero-order valence-corrected chi connectivity index (χ0v) is 23.8. The average Bonchev–Trinajstić information content (AvgIpc) is 3.61. The fourth-order valence-corrected chi connectivity index (χ4v) is 6.69. The second-order valence-corrected chi connectivity index (χ2v) is 12.7. The first-order chi connectivity index (χ1) is 20.3. The molecule has 0 aromatic carbocycles. The van der Waals surface area contributed by atoms with Crippen molar-refractivity contribution in [2.45, 2.75) is 55.6 Å². The largest absolute Gasteiger partial charge is 0.481 e. The van der Waals surface area contributed by atoms with Crippen LogP contribution in [0.1, 0.15) is 18.0 Å². The molecule has 10 atom stereocenters. The predicted octanol–water partition coefficient (Wildman–Crippen LogP) is -2.66. The SMILES string of the molecule is NCc1ccc[n+](C2OC(COP(=O)(O)OP(=O)(O)OCC3OC(n4cnc5c(N)ncnc54)C(O)C3O)C(O)C2O)c1. The fraction of sp³-hybridized carbons (Fsp3) is 0.524. The third-order valence-corrected chi connectivity index (χ3v) is 9.36. The molecule has 2 fully saturated rings. The highest BCUT2D eigenvalue weighted by Crippen LogP contribution is 2.60. The number of pyridine rings is 1. The Balaban J connectivity index is 1.15. The zero-order chi connectivity index (χ0) is 31.1. The molecule has 236 valence electrons. The van der Waals surface area contributed by atoms with Crippen molar-refractivity contribution in [3.05, 3.63) is 42.7 Å². The Bertz CT molecular complexity index is 1550. The van der Waals surface area contributed by atoms with Crippen molar-refractivity contribution in [1.82, 2.24) is 19.5 Å². The number of nitrogens with two attached hydrogens (primary N) is 2. The van der Waals surface area contributed by atoms with E-state index in [0.29, 0.717) is 5.56 Å². The Morgan fingerprint density at radius 3 is 2.28 bits per heavy atom. The van der Waals surface area contributed by atoms with Gasteiger partial charge in [-0.1, -0.05) is 0 Å². The number of hydrogen-bond donors (Lipinski definition) is 8. The first-order valence-corrected chi connectivity index (χ1v) is 15.6. The molecule has 0 saturated carbocycles. The molecular weight excluding hydrogens is 620 g/mol. The number of rotatable bonds is 11. The van der Waals surface area contributed by atoms with Crippen LogP contribution in [0, 0.1) is 0 Å². The summed E-state index contributed by atoms with van der Waals surface area (Å²) >= 11 is 0. The van der Waals surface area contributed by atoms with Gasteiger partial charge in [0.15, 0.2) is 36.2 Å². The Morgan fingerprint density at radius 2 is 1.60 bits per heavy atom. The van der Waals surface area contributed by atoms with E-state index in [4.69, 9.17) is 30.0 Å². The first kappa shape index (κ1) is 31.9. The van der Waals surface area contributed by atoms with E-state index in [9.17, 15) is 39.3 Å². The van der Waals surface area contributed by atoms with Crippen LogP contribution in [-0.2, 0) is 38.5 Å². The highest BCUT2D eigenvalue weighted by molar-refractivity contribution is 7.61. The molecule has 0 radical (unpaired) electrons. The summed E-state index contributed by atoms with van der Waals surface area (Å²) in [6.45, 7) is -1.50. The van der Waals surface area contributed by atoms with E-state index >= 15 is 0 Å². The summed E-state index contributed by atoms with van der Waals surface area (Å²) in [7, 11) is -10.6. The van der Waals surface area contributed by atoms with Crippen LogP contribution < -0.4 is 16.0 Å². The highest BCUT2D eigenvalue weighted by Gasteiger charge is 2.50. The molecule has 2 aliphatic heterocycles. The number of phosphoric ester groups is 2. The van der Waals surface area contributed by atoms with Gasteiger partial charge in [-0.2, -0.15) is 8.88 Å². The number of phosphoric acid groups is 2. The smallest absolute Gasteiger partial charge is 0.387 e. The van der Waals surface area contributed by atoms with Gasteiger partial charge in [-0.05, 0) is 6.07 Å². The molecule has 0 aliphatic carbocycles. The van der Waals surface area contributed by atoms with Gasteiger partial charge in [0.2, 0.25) is 0 Å². The summed E-state index contributed by atoms with van der Waals surface area (Å²) in [4.78, 5) is 31.9. The van der Waals surface area contributed by atoms with Gasteiger partial charge in [0.05, 0.1) is 19.5 Å². The lowest BCUT2D eigenvalue weighted by atomic mass is 10.1. The molecular formula is C21H30N7O13P2+. The normalized spacial score (nSPS) is 32.2. The molecule has 0 spiro atoms. The third-order valence-electron chi connectivity index (χ3n) is 6.76. The topological polar surface area (TPSA) is 301 Å². The monoisotopic (exact) mass is 650 g/mol. The molecule has 43 heavy (non-hydrogen) atoms. The van der Waals surface area contributed by atoms with Crippen LogP contribution in [-0.4, -0.2) is 99.6 Å². The van der Waals surface area contributed by atoms with Crippen molar-refractivity contribution in [2.24, 2.45) is 5.73 Å². The van der Waals surface area contributed by atoms with Gasteiger partial charge in [-0.3, -0.25) is 13.6 Å². The van der Waals surface area contributed by atoms with E-state index in [2.05, 4.69) is 19.3 Å². The second-order valence-electron chi connectivity index (χ2n) is 9.65. The van der Waals surface area contributed by atoms with E-state index in [-0.39, 0.29) is 23.5 Å². The van der Waals surface area contributed by atoms with Crippen molar-refractivity contribution in [3.63, 3.8) is 0 Å². The summed E-state index contributed by atoms with van der Waals surface area (Å²) in [6.07, 6.45) is -5.80. The van der Waals surface area contributed by atoms with Crippen molar-refractivity contribution in [2.75, 3.05) is 18.9 Å². The maximum Gasteiger partial charge on any atom is 0.481 e. The molecule has 2 aliphatic rings. The number of nitrogens with zero attached hydrogens (tertiary/aromatic N) is 5. The Labute approximate surface area is 242 Å². The van der Waals surface area contributed by atoms with Gasteiger partial charge in [-0.15, -0.1) is 0 Å². The lowest BCUT2D eigenvalue weighted by Crippen LogP contribution is -2.46. The number of hydrogen-bond acceptors (Lipinski definition) is 16. The van der Waals surface area contributed by atoms with Gasteiger partial charge in [0, 0.05) is 18.2 Å². The van der Waals surface area contributed by atoms with Crippen LogP contribution in [0.25, 0.3) is 11.2 Å². The molecule has 2 saturated heterocycles. The number of aliphatic hydroxyl groups excluding tert-OH is 4. The molecule has 3 aromatic heterocycles. The summed E-state index contributed by atoms with van der Waals surface area (Å²) < 4.78 is 52.4. The summed E-state index contributed by atoms with van der Waals surface area (Å²) in [5.41, 5.74) is 12.5. The van der Waals surface area contributed by atoms with E-state index in [1.54, 1.807) is 24.5 Å². The predicted molar refractivity (Wildman–Crippen MR) is 139 cm³/mol. The Kier molecular flexibility index (Phi) is 9.25. The number of ether oxygens (including phenoxy) is 2. The molecule has 5 heterocycles. The second kappa shape index (κ2) is 12.5. The van der Waals surface area contributed by atoms with Gasteiger partial charge < -0.3 is 51.2 Å². The number of imidazole rings is 1. The number of fused-ring (bicyclic) bond motifs is 1. The maximum absolute atomic E-state index is 12.4. The lowest BCUT2D eigenvalue weighted by Gasteiger charge is -2.20. The number of anilines is 1. The van der Waals surface area contributed by atoms with Crippen LogP contribution in [0.2, 0.25) is 0 Å². The Hall–Kier alpha value is -2.52. The van der Waals surface area contributed by atoms with Gasteiger partial charge in [0.25, 0.3) is 6.23 Å². The third kappa shape index (κ3) is 6.77. The summed E-state index contributed by atoms with van der Waals surface area (Å²) in [6, 6.07) is 3.38. The fourth-order valence-electron chi connectivity index (χ4n) is 4.60. The molecule has 10 unspecified atom stereocenters. The van der Waals surface area contributed by atoms with Crippen LogP contribution in [0.3, 0.4) is 0 Å². The molecule has 3 aromatic rings. The number of aliphatic hydroxyl groups is 4. The first-order valence-electron chi connectivity index (χ1n) is 12.6. The summed E-state index contributed by atoms with van der Waals surface area (Å²) in [5, 5.41) is 41.7. The molecule has 0 bridgehead atoms. The number of nitrogen functional groups attached to an aromatic ring is 1. The van der Waals surface area contributed by atoms with Crippen molar-refractivity contribution < 1.29 is 66.7 Å². The highest BCUT2D eigenvalue weighted by atomic mass is 31.3. The number of aromatic nitrogens is 5. The Morgan fingerprint density at radius 1 is 0.953 bits per heavy atom.